The Labute approximate surface area is 272 Å². The van der Waals surface area contributed by atoms with Crippen LogP contribution >= 0.6 is 0 Å². The van der Waals surface area contributed by atoms with Crippen molar-refractivity contribution < 1.29 is 32.3 Å². The van der Waals surface area contributed by atoms with Crippen LogP contribution in [-0.2, 0) is 20.9 Å². The van der Waals surface area contributed by atoms with Crippen LogP contribution < -0.4 is 16.0 Å². The molecular weight excluding hydrogens is 611 g/mol. The first kappa shape index (κ1) is 33.0. The lowest BCUT2D eigenvalue weighted by atomic mass is 10.0. The lowest BCUT2D eigenvalue weighted by molar-refractivity contribution is -0.133. The summed E-state index contributed by atoms with van der Waals surface area (Å²) in [5, 5.41) is 8.52. The quantitative estimate of drug-likeness (QED) is 0.361. The molecule has 3 saturated heterocycles. The van der Waals surface area contributed by atoms with Crippen LogP contribution in [-0.4, -0.2) is 97.8 Å². The van der Waals surface area contributed by atoms with Gasteiger partial charge >= 0.3 is 0 Å². The molecule has 250 valence electrons. The Morgan fingerprint density at radius 3 is 2.40 bits per heavy atom. The fraction of sp³-hybridized carbons (Fsp3) is 0.514. The topological polar surface area (TPSA) is 103 Å². The van der Waals surface area contributed by atoms with E-state index in [4.69, 9.17) is 4.74 Å². The molecule has 0 aromatic heterocycles. The van der Waals surface area contributed by atoms with E-state index in [-0.39, 0.29) is 55.4 Å². The maximum absolute atomic E-state index is 14.1. The number of ether oxygens (including phenoxy) is 1. The van der Waals surface area contributed by atoms with E-state index in [1.165, 1.54) is 12.1 Å². The Balaban J connectivity index is 1.07. The lowest BCUT2D eigenvalue weighted by Crippen LogP contribution is -2.46. The third-order valence-corrected chi connectivity index (χ3v) is 9.21. The van der Waals surface area contributed by atoms with Gasteiger partial charge < -0.3 is 25.6 Å². The van der Waals surface area contributed by atoms with Gasteiger partial charge in [-0.25, -0.2) is 13.2 Å². The third kappa shape index (κ3) is 8.52. The van der Waals surface area contributed by atoms with Crippen molar-refractivity contribution in [3.8, 4) is 11.8 Å². The zero-order valence-corrected chi connectivity index (χ0v) is 26.2. The molecule has 3 amide bonds. The normalized spacial score (nSPS) is 24.6. The molecule has 3 N–H and O–H groups in total. The van der Waals surface area contributed by atoms with Gasteiger partial charge in [-0.15, -0.1) is 0 Å². The van der Waals surface area contributed by atoms with Gasteiger partial charge in [0.05, 0.1) is 25.3 Å². The standard InChI is InChI=1S/C35H40F3N5O4/c36-26-16-31(39-18-26)34(45)41-27-17-28(43(21-27)35(46)25-8-9-25)19-40-33(44)29-10-7-23(15-30(29)32(37)38)4-1-22-2-5-24(6-3-22)20-42-11-13-47-14-12-42/h2-3,5-7,10,15,25-28,31-32,39H,8-9,11-14,16-21H2,(H,40,44)(H,41,45)/t26-,27+,28+,31-/m0/s1. The minimum Gasteiger partial charge on any atom is -0.379 e. The molecule has 6 rings (SSSR count). The van der Waals surface area contributed by atoms with Crippen LogP contribution in [0.25, 0.3) is 0 Å². The number of nitrogens with one attached hydrogen (secondary N) is 3. The van der Waals surface area contributed by atoms with Crippen LogP contribution in [0.5, 0.6) is 0 Å². The van der Waals surface area contributed by atoms with Crippen molar-refractivity contribution in [2.75, 3.05) is 45.9 Å². The summed E-state index contributed by atoms with van der Waals surface area (Å²) in [5.74, 6) is 4.85. The van der Waals surface area contributed by atoms with Crippen molar-refractivity contribution in [2.24, 2.45) is 5.92 Å². The number of halogens is 3. The number of rotatable bonds is 9. The molecule has 0 spiro atoms. The molecule has 1 aliphatic carbocycles. The number of amides is 3. The summed E-state index contributed by atoms with van der Waals surface area (Å²) in [4.78, 5) is 42.9. The zero-order chi connectivity index (χ0) is 32.9. The third-order valence-electron chi connectivity index (χ3n) is 9.21. The number of hydrogen-bond acceptors (Lipinski definition) is 6. The number of likely N-dealkylation sites (tertiary alicyclic amines) is 1. The second-order valence-electron chi connectivity index (χ2n) is 12.8. The molecule has 3 heterocycles. The smallest absolute Gasteiger partial charge is 0.264 e. The predicted molar refractivity (Wildman–Crippen MR) is 168 cm³/mol. The Morgan fingerprint density at radius 2 is 1.72 bits per heavy atom. The number of carbonyl (C=O) groups excluding carboxylic acids is 3. The molecule has 0 unspecified atom stereocenters. The molecular formula is C35H40F3N5O4. The van der Waals surface area contributed by atoms with Gasteiger partial charge in [0, 0.05) is 79.9 Å². The van der Waals surface area contributed by atoms with Gasteiger partial charge in [-0.1, -0.05) is 24.0 Å². The molecule has 4 fully saturated rings. The predicted octanol–water partition coefficient (Wildman–Crippen LogP) is 2.78. The summed E-state index contributed by atoms with van der Waals surface area (Å²) in [6, 6.07) is 10.6. The monoisotopic (exact) mass is 651 g/mol. The molecule has 2 aromatic rings. The minimum absolute atomic E-state index is 0.0354. The Morgan fingerprint density at radius 1 is 1.00 bits per heavy atom. The van der Waals surface area contributed by atoms with E-state index in [1.807, 2.05) is 24.3 Å². The van der Waals surface area contributed by atoms with Crippen LogP contribution in [0.15, 0.2) is 42.5 Å². The Kier molecular flexibility index (Phi) is 10.4. The first-order valence-corrected chi connectivity index (χ1v) is 16.3. The van der Waals surface area contributed by atoms with Crippen LogP contribution in [0.3, 0.4) is 0 Å². The highest BCUT2D eigenvalue weighted by Gasteiger charge is 2.42. The van der Waals surface area contributed by atoms with Gasteiger partial charge in [-0.05, 0) is 55.2 Å². The zero-order valence-electron chi connectivity index (χ0n) is 26.2. The number of nitrogens with zero attached hydrogens (tertiary/aromatic N) is 2. The summed E-state index contributed by atoms with van der Waals surface area (Å²) in [6.45, 7) is 4.52. The van der Waals surface area contributed by atoms with Crippen molar-refractivity contribution in [3.05, 3.63) is 70.3 Å². The second-order valence-corrected chi connectivity index (χ2v) is 12.8. The fourth-order valence-corrected chi connectivity index (χ4v) is 6.43. The minimum atomic E-state index is -2.90. The molecule has 4 aliphatic rings. The number of alkyl halides is 3. The van der Waals surface area contributed by atoms with E-state index >= 15 is 0 Å². The van der Waals surface area contributed by atoms with Crippen molar-refractivity contribution in [3.63, 3.8) is 0 Å². The highest BCUT2D eigenvalue weighted by molar-refractivity contribution is 5.96. The van der Waals surface area contributed by atoms with Gasteiger partial charge in [0.2, 0.25) is 11.8 Å². The summed E-state index contributed by atoms with van der Waals surface area (Å²) in [6.07, 6.45) is -1.90. The fourth-order valence-electron chi connectivity index (χ4n) is 6.43. The van der Waals surface area contributed by atoms with Gasteiger partial charge in [-0.2, -0.15) is 0 Å². The highest BCUT2D eigenvalue weighted by Crippen LogP contribution is 2.34. The van der Waals surface area contributed by atoms with Crippen LogP contribution in [0.2, 0.25) is 0 Å². The van der Waals surface area contributed by atoms with E-state index in [0.29, 0.717) is 12.0 Å². The molecule has 2 aromatic carbocycles. The van der Waals surface area contributed by atoms with E-state index in [9.17, 15) is 27.6 Å². The van der Waals surface area contributed by atoms with Crippen LogP contribution in [0, 0.1) is 17.8 Å². The van der Waals surface area contributed by atoms with Crippen molar-refractivity contribution >= 4 is 17.7 Å². The first-order valence-electron chi connectivity index (χ1n) is 16.3. The summed E-state index contributed by atoms with van der Waals surface area (Å²) >= 11 is 0. The second kappa shape index (κ2) is 14.9. The van der Waals surface area contributed by atoms with Gasteiger partial charge in [-0.3, -0.25) is 19.3 Å². The van der Waals surface area contributed by atoms with Crippen molar-refractivity contribution in [1.82, 2.24) is 25.8 Å². The largest absolute Gasteiger partial charge is 0.379 e. The van der Waals surface area contributed by atoms with Crippen LogP contribution in [0.1, 0.15) is 64.7 Å². The average Bonchev–Trinajstić information content (AvgIpc) is 3.71. The lowest BCUT2D eigenvalue weighted by Gasteiger charge is -2.26. The average molecular weight is 652 g/mol. The molecule has 1 saturated carbocycles. The van der Waals surface area contributed by atoms with E-state index in [2.05, 4.69) is 32.7 Å². The molecule has 0 radical (unpaired) electrons. The molecule has 4 atom stereocenters. The van der Waals surface area contributed by atoms with Crippen molar-refractivity contribution in [2.45, 2.75) is 63.0 Å². The van der Waals surface area contributed by atoms with Crippen LogP contribution in [0.4, 0.5) is 13.2 Å². The van der Waals surface area contributed by atoms with Crippen molar-refractivity contribution in [1.29, 1.82) is 0 Å². The molecule has 0 bridgehead atoms. The Bertz CT molecular complexity index is 1520. The molecule has 47 heavy (non-hydrogen) atoms. The summed E-state index contributed by atoms with van der Waals surface area (Å²) in [5.41, 5.74) is 1.68. The maximum Gasteiger partial charge on any atom is 0.264 e. The van der Waals surface area contributed by atoms with E-state index in [1.54, 1.807) is 11.0 Å². The number of hydrogen-bond donors (Lipinski definition) is 3. The maximum atomic E-state index is 14.1. The number of carbonyl (C=O) groups is 3. The van der Waals surface area contributed by atoms with Gasteiger partial charge in [0.25, 0.3) is 12.3 Å². The number of benzene rings is 2. The summed E-state index contributed by atoms with van der Waals surface area (Å²) in [7, 11) is 0. The summed E-state index contributed by atoms with van der Waals surface area (Å²) < 4.78 is 47.2. The molecule has 12 heteroatoms. The first-order chi connectivity index (χ1) is 22.7. The van der Waals surface area contributed by atoms with Gasteiger partial charge in [0.15, 0.2) is 0 Å². The van der Waals surface area contributed by atoms with E-state index < -0.39 is 36.2 Å². The Hall–Kier alpha value is -3.92. The van der Waals surface area contributed by atoms with Gasteiger partial charge in [0.1, 0.15) is 6.17 Å². The SMILES string of the molecule is O=C(NC[C@H]1C[C@@H](NC(=O)[C@@H]2C[C@H](F)CN2)CN1C(=O)C1CC1)c1ccc(C#Cc2ccc(CN3CCOCC3)cc2)cc1C(F)F. The van der Waals surface area contributed by atoms with E-state index in [0.717, 1.165) is 56.8 Å². The molecule has 9 nitrogen and oxygen atoms in total. The molecule has 3 aliphatic heterocycles. The number of morpholine rings is 1. The highest BCUT2D eigenvalue weighted by atomic mass is 19.3.